The number of thioether (sulfide) groups is 1. The molecule has 0 spiro atoms. The second-order valence-corrected chi connectivity index (χ2v) is 4.66. The summed E-state index contributed by atoms with van der Waals surface area (Å²) in [5.74, 6) is 1.23. The van der Waals surface area contributed by atoms with E-state index in [-0.39, 0.29) is 0 Å². The second kappa shape index (κ2) is 5.89. The fourth-order valence-electron chi connectivity index (χ4n) is 1.71. The van der Waals surface area contributed by atoms with Crippen molar-refractivity contribution in [2.45, 2.75) is 44.4 Å². The van der Waals surface area contributed by atoms with Gasteiger partial charge in [-0.15, -0.1) is 0 Å². The first kappa shape index (κ1) is 11.3. The molecule has 0 heterocycles. The average Bonchev–Trinajstić information content (AvgIpc) is 2.08. The molecule has 1 fully saturated rings. The standard InChI is InChI=1S/C10H21NOS/c1-4-8(7-13-3)11-9-5-10(6-9)12-2/h8-11H,4-7H2,1-3H3. The Kier molecular flexibility index (Phi) is 5.14. The zero-order chi connectivity index (χ0) is 9.68. The number of nitrogens with one attached hydrogen (secondary N) is 1. The van der Waals surface area contributed by atoms with Gasteiger partial charge in [-0.25, -0.2) is 0 Å². The van der Waals surface area contributed by atoms with Crippen LogP contribution in [-0.4, -0.2) is 37.3 Å². The normalized spacial score (nSPS) is 29.8. The molecule has 0 amide bonds. The van der Waals surface area contributed by atoms with Crippen LogP contribution in [-0.2, 0) is 4.74 Å². The van der Waals surface area contributed by atoms with Crippen LogP contribution in [0.25, 0.3) is 0 Å². The molecule has 0 aliphatic heterocycles. The van der Waals surface area contributed by atoms with Crippen molar-refractivity contribution in [2.75, 3.05) is 19.1 Å². The molecule has 1 N–H and O–H groups in total. The van der Waals surface area contributed by atoms with E-state index in [1.165, 1.54) is 25.0 Å². The first-order valence-electron chi connectivity index (χ1n) is 5.07. The number of methoxy groups -OCH3 is 1. The molecule has 0 aromatic heterocycles. The molecule has 13 heavy (non-hydrogen) atoms. The highest BCUT2D eigenvalue weighted by atomic mass is 32.2. The Bertz CT molecular complexity index is 137. The summed E-state index contributed by atoms with van der Waals surface area (Å²) >= 11 is 1.92. The maximum Gasteiger partial charge on any atom is 0.0601 e. The van der Waals surface area contributed by atoms with Crippen LogP contribution in [0.4, 0.5) is 0 Å². The summed E-state index contributed by atoms with van der Waals surface area (Å²) in [6.45, 7) is 2.25. The van der Waals surface area contributed by atoms with Crippen molar-refractivity contribution < 1.29 is 4.74 Å². The summed E-state index contributed by atoms with van der Waals surface area (Å²) < 4.78 is 5.25. The van der Waals surface area contributed by atoms with Gasteiger partial charge in [-0.3, -0.25) is 0 Å². The molecular weight excluding hydrogens is 182 g/mol. The van der Waals surface area contributed by atoms with Gasteiger partial charge in [-0.1, -0.05) is 6.92 Å². The Hall–Kier alpha value is 0.270. The molecule has 0 saturated heterocycles. The molecule has 0 aromatic carbocycles. The lowest BCUT2D eigenvalue weighted by molar-refractivity contribution is 0.0148. The molecule has 1 aliphatic carbocycles. The molecule has 1 rings (SSSR count). The van der Waals surface area contributed by atoms with E-state index in [4.69, 9.17) is 4.74 Å². The van der Waals surface area contributed by atoms with Crippen LogP contribution in [0.5, 0.6) is 0 Å². The first-order chi connectivity index (χ1) is 6.30. The van der Waals surface area contributed by atoms with Crippen molar-refractivity contribution in [3.05, 3.63) is 0 Å². The summed E-state index contributed by atoms with van der Waals surface area (Å²) in [5.41, 5.74) is 0. The Morgan fingerprint density at radius 2 is 2.23 bits per heavy atom. The summed E-state index contributed by atoms with van der Waals surface area (Å²) in [7, 11) is 1.81. The van der Waals surface area contributed by atoms with Gasteiger partial charge < -0.3 is 10.1 Å². The van der Waals surface area contributed by atoms with Gasteiger partial charge in [0.2, 0.25) is 0 Å². The molecule has 0 radical (unpaired) electrons. The molecule has 78 valence electrons. The van der Waals surface area contributed by atoms with Gasteiger partial charge in [-0.2, -0.15) is 11.8 Å². The van der Waals surface area contributed by atoms with Gasteiger partial charge in [0.25, 0.3) is 0 Å². The predicted octanol–water partition coefficient (Wildman–Crippen LogP) is 1.90. The molecule has 0 bridgehead atoms. The van der Waals surface area contributed by atoms with Gasteiger partial charge in [0.1, 0.15) is 0 Å². The predicted molar refractivity (Wildman–Crippen MR) is 59.4 cm³/mol. The van der Waals surface area contributed by atoms with Gasteiger partial charge in [0, 0.05) is 24.9 Å². The van der Waals surface area contributed by atoms with Crippen LogP contribution in [0.15, 0.2) is 0 Å². The van der Waals surface area contributed by atoms with Gasteiger partial charge in [0.15, 0.2) is 0 Å². The maximum atomic E-state index is 5.25. The molecule has 2 nitrogen and oxygen atoms in total. The van der Waals surface area contributed by atoms with Crippen molar-refractivity contribution in [3.8, 4) is 0 Å². The molecule has 1 saturated carbocycles. The highest BCUT2D eigenvalue weighted by Crippen LogP contribution is 2.23. The lowest BCUT2D eigenvalue weighted by atomic mass is 9.88. The monoisotopic (exact) mass is 203 g/mol. The molecule has 1 aliphatic rings. The molecule has 3 heteroatoms. The van der Waals surface area contributed by atoms with E-state index >= 15 is 0 Å². The summed E-state index contributed by atoms with van der Waals surface area (Å²) in [6.07, 6.45) is 6.31. The van der Waals surface area contributed by atoms with Crippen LogP contribution in [0.2, 0.25) is 0 Å². The minimum atomic E-state index is 0.518. The van der Waals surface area contributed by atoms with Crippen molar-refractivity contribution in [1.82, 2.24) is 5.32 Å². The van der Waals surface area contributed by atoms with Crippen molar-refractivity contribution >= 4 is 11.8 Å². The zero-order valence-corrected chi connectivity index (χ0v) is 9.69. The van der Waals surface area contributed by atoms with Gasteiger partial charge in [0.05, 0.1) is 6.10 Å². The summed E-state index contributed by atoms with van der Waals surface area (Å²) in [4.78, 5) is 0. The Morgan fingerprint density at radius 3 is 2.69 bits per heavy atom. The Balaban J connectivity index is 2.10. The fourth-order valence-corrected chi connectivity index (χ4v) is 2.45. The average molecular weight is 203 g/mol. The van der Waals surface area contributed by atoms with E-state index in [1.807, 2.05) is 11.8 Å². The fraction of sp³-hybridized carbons (Fsp3) is 1.00. The largest absolute Gasteiger partial charge is 0.381 e. The van der Waals surface area contributed by atoms with Crippen LogP contribution < -0.4 is 5.32 Å². The quantitative estimate of drug-likeness (QED) is 0.712. The van der Waals surface area contributed by atoms with E-state index < -0.39 is 0 Å². The van der Waals surface area contributed by atoms with E-state index in [2.05, 4.69) is 18.5 Å². The number of ether oxygens (including phenoxy) is 1. The zero-order valence-electron chi connectivity index (χ0n) is 8.88. The van der Waals surface area contributed by atoms with Crippen LogP contribution >= 0.6 is 11.8 Å². The maximum absolute atomic E-state index is 5.25. The number of hydrogen-bond donors (Lipinski definition) is 1. The number of hydrogen-bond acceptors (Lipinski definition) is 3. The summed E-state index contributed by atoms with van der Waals surface area (Å²) in [5, 5.41) is 3.67. The topological polar surface area (TPSA) is 21.3 Å². The Labute approximate surface area is 85.8 Å². The van der Waals surface area contributed by atoms with Crippen molar-refractivity contribution in [3.63, 3.8) is 0 Å². The summed E-state index contributed by atoms with van der Waals surface area (Å²) in [6, 6.07) is 1.40. The molecular formula is C10H21NOS. The first-order valence-corrected chi connectivity index (χ1v) is 6.47. The Morgan fingerprint density at radius 1 is 1.54 bits per heavy atom. The highest BCUT2D eigenvalue weighted by molar-refractivity contribution is 7.98. The van der Waals surface area contributed by atoms with Gasteiger partial charge in [-0.05, 0) is 25.5 Å². The lowest BCUT2D eigenvalue weighted by Crippen LogP contribution is -2.49. The number of rotatable bonds is 6. The molecule has 1 atom stereocenters. The van der Waals surface area contributed by atoms with E-state index in [9.17, 15) is 0 Å². The lowest BCUT2D eigenvalue weighted by Gasteiger charge is -2.37. The minimum Gasteiger partial charge on any atom is -0.381 e. The molecule has 0 aromatic rings. The van der Waals surface area contributed by atoms with E-state index in [1.54, 1.807) is 7.11 Å². The highest BCUT2D eigenvalue weighted by Gasteiger charge is 2.29. The molecule has 1 unspecified atom stereocenters. The second-order valence-electron chi connectivity index (χ2n) is 3.75. The third-order valence-corrected chi connectivity index (χ3v) is 3.50. The van der Waals surface area contributed by atoms with Crippen LogP contribution in [0.3, 0.4) is 0 Å². The van der Waals surface area contributed by atoms with Crippen molar-refractivity contribution in [1.29, 1.82) is 0 Å². The minimum absolute atomic E-state index is 0.518. The van der Waals surface area contributed by atoms with E-state index in [0.29, 0.717) is 18.2 Å². The smallest absolute Gasteiger partial charge is 0.0601 e. The van der Waals surface area contributed by atoms with Gasteiger partial charge >= 0.3 is 0 Å². The van der Waals surface area contributed by atoms with Crippen LogP contribution in [0.1, 0.15) is 26.2 Å². The third-order valence-electron chi connectivity index (χ3n) is 2.76. The van der Waals surface area contributed by atoms with E-state index in [0.717, 1.165) is 0 Å². The van der Waals surface area contributed by atoms with Crippen LogP contribution in [0, 0.1) is 0 Å². The van der Waals surface area contributed by atoms with Crippen molar-refractivity contribution in [2.24, 2.45) is 0 Å². The SMILES string of the molecule is CCC(CSC)NC1CC(OC)C1. The third kappa shape index (κ3) is 3.49.